The minimum atomic E-state index is -4.66. The van der Waals surface area contributed by atoms with Gasteiger partial charge in [-0.05, 0) is 61.5 Å². The lowest BCUT2D eigenvalue weighted by atomic mass is 10.2. The number of ether oxygens (including phenoxy) is 2. The summed E-state index contributed by atoms with van der Waals surface area (Å²) < 4.78 is 51.3. The van der Waals surface area contributed by atoms with Crippen molar-refractivity contribution in [1.29, 1.82) is 0 Å². The Morgan fingerprint density at radius 2 is 1.62 bits per heavy atom. The molecule has 0 fully saturated rings. The van der Waals surface area contributed by atoms with Gasteiger partial charge < -0.3 is 15.2 Å². The summed E-state index contributed by atoms with van der Waals surface area (Å²) in [5, 5.41) is 3.66. The second-order valence-corrected chi connectivity index (χ2v) is 5.88. The predicted molar refractivity (Wildman–Crippen MR) is 105 cm³/mol. The first-order valence-electron chi connectivity index (χ1n) is 8.54. The lowest BCUT2D eigenvalue weighted by Crippen LogP contribution is -2.08. The highest BCUT2D eigenvalue weighted by Gasteiger charge is 2.37. The Hall–Kier alpha value is -2.78. The molecule has 1 aromatic heterocycles. The molecule has 2 N–H and O–H groups in total. The van der Waals surface area contributed by atoms with Crippen molar-refractivity contribution in [3.8, 4) is 28.6 Å². The first kappa shape index (κ1) is 22.5. The van der Waals surface area contributed by atoms with Crippen molar-refractivity contribution in [2.45, 2.75) is 12.6 Å². The SMILES string of the molecule is COc1ccc(-n2nc(C(F)(F)F)nc2-c2ccc(OCCCN)cc2)cc1.Cl. The van der Waals surface area contributed by atoms with Crippen LogP contribution in [0.5, 0.6) is 11.5 Å². The van der Waals surface area contributed by atoms with Gasteiger partial charge in [0.2, 0.25) is 0 Å². The van der Waals surface area contributed by atoms with E-state index in [2.05, 4.69) is 10.1 Å². The Bertz CT molecular complexity index is 913. The standard InChI is InChI=1S/C19H19F3N4O2.ClH/c1-27-15-9-5-14(6-10-15)26-17(24-18(25-26)19(20,21)22)13-3-7-16(8-4-13)28-12-2-11-23;/h3-10H,2,11-12,23H2,1H3;1H. The number of aromatic nitrogens is 3. The molecular weight excluding hydrogens is 409 g/mol. The Kier molecular flexibility index (Phi) is 7.46. The third-order valence-electron chi connectivity index (χ3n) is 3.91. The van der Waals surface area contributed by atoms with Gasteiger partial charge in [0.1, 0.15) is 11.5 Å². The second-order valence-electron chi connectivity index (χ2n) is 5.88. The summed E-state index contributed by atoms with van der Waals surface area (Å²) in [6, 6.07) is 13.1. The largest absolute Gasteiger partial charge is 0.497 e. The summed E-state index contributed by atoms with van der Waals surface area (Å²) in [5.41, 5.74) is 6.33. The van der Waals surface area contributed by atoms with Gasteiger partial charge in [-0.15, -0.1) is 17.5 Å². The number of hydrogen-bond acceptors (Lipinski definition) is 5. The molecule has 0 aliphatic heterocycles. The van der Waals surface area contributed by atoms with Crippen molar-refractivity contribution in [3.63, 3.8) is 0 Å². The number of nitrogens with two attached hydrogens (primary N) is 1. The van der Waals surface area contributed by atoms with Gasteiger partial charge in [-0.25, -0.2) is 9.67 Å². The van der Waals surface area contributed by atoms with Crippen LogP contribution in [-0.2, 0) is 6.18 Å². The molecule has 0 amide bonds. The smallest absolute Gasteiger partial charge is 0.453 e. The van der Waals surface area contributed by atoms with Crippen molar-refractivity contribution in [1.82, 2.24) is 14.8 Å². The molecule has 2 aromatic carbocycles. The first-order valence-corrected chi connectivity index (χ1v) is 8.54. The summed E-state index contributed by atoms with van der Waals surface area (Å²) in [6.07, 6.45) is -3.94. The number of nitrogens with zero attached hydrogens (tertiary/aromatic N) is 3. The van der Waals surface area contributed by atoms with E-state index in [9.17, 15) is 13.2 Å². The van der Waals surface area contributed by atoms with E-state index in [0.717, 1.165) is 4.68 Å². The molecule has 1 heterocycles. The van der Waals surface area contributed by atoms with Gasteiger partial charge in [0.25, 0.3) is 5.82 Å². The third-order valence-corrected chi connectivity index (χ3v) is 3.91. The van der Waals surface area contributed by atoms with Crippen LogP contribution in [0.2, 0.25) is 0 Å². The van der Waals surface area contributed by atoms with E-state index in [4.69, 9.17) is 15.2 Å². The van der Waals surface area contributed by atoms with Crippen LogP contribution < -0.4 is 15.2 Å². The zero-order valence-corrected chi connectivity index (χ0v) is 16.3. The average molecular weight is 429 g/mol. The normalized spacial score (nSPS) is 11.1. The number of rotatable bonds is 7. The highest BCUT2D eigenvalue weighted by molar-refractivity contribution is 5.85. The van der Waals surface area contributed by atoms with Crippen LogP contribution >= 0.6 is 12.4 Å². The number of alkyl halides is 3. The second kappa shape index (κ2) is 9.62. The topological polar surface area (TPSA) is 75.2 Å². The van der Waals surface area contributed by atoms with Crippen molar-refractivity contribution in [2.75, 3.05) is 20.3 Å². The van der Waals surface area contributed by atoms with Crippen molar-refractivity contribution in [2.24, 2.45) is 5.73 Å². The molecule has 0 spiro atoms. The van der Waals surface area contributed by atoms with Crippen molar-refractivity contribution >= 4 is 12.4 Å². The van der Waals surface area contributed by atoms with Gasteiger partial charge in [-0.1, -0.05) is 0 Å². The summed E-state index contributed by atoms with van der Waals surface area (Å²) >= 11 is 0. The third kappa shape index (κ3) is 5.39. The molecule has 10 heteroatoms. The molecule has 29 heavy (non-hydrogen) atoms. The molecule has 156 valence electrons. The van der Waals surface area contributed by atoms with Gasteiger partial charge in [0, 0.05) is 5.56 Å². The zero-order valence-electron chi connectivity index (χ0n) is 15.5. The van der Waals surface area contributed by atoms with E-state index in [0.29, 0.717) is 42.3 Å². The molecule has 0 atom stereocenters. The maximum atomic E-state index is 13.2. The minimum Gasteiger partial charge on any atom is -0.497 e. The number of methoxy groups -OCH3 is 1. The van der Waals surface area contributed by atoms with Crippen LogP contribution in [-0.4, -0.2) is 35.0 Å². The van der Waals surface area contributed by atoms with Crippen LogP contribution in [0.25, 0.3) is 17.1 Å². The molecule has 0 aliphatic rings. The fraction of sp³-hybridized carbons (Fsp3) is 0.263. The maximum Gasteiger partial charge on any atom is 0.453 e. The van der Waals surface area contributed by atoms with Crippen LogP contribution in [0.4, 0.5) is 13.2 Å². The average Bonchev–Trinajstić information content (AvgIpc) is 3.15. The Balaban J connectivity index is 0.00000300. The molecule has 6 nitrogen and oxygen atoms in total. The summed E-state index contributed by atoms with van der Waals surface area (Å²) in [4.78, 5) is 3.71. The van der Waals surface area contributed by atoms with Gasteiger partial charge in [-0.3, -0.25) is 0 Å². The van der Waals surface area contributed by atoms with Crippen LogP contribution in [0, 0.1) is 0 Å². The monoisotopic (exact) mass is 428 g/mol. The maximum absolute atomic E-state index is 13.2. The molecule has 0 saturated heterocycles. The van der Waals surface area contributed by atoms with E-state index < -0.39 is 12.0 Å². The van der Waals surface area contributed by atoms with Crippen molar-refractivity contribution < 1.29 is 22.6 Å². The quantitative estimate of drug-likeness (QED) is 0.573. The number of halogens is 4. The predicted octanol–water partition coefficient (Wildman–Crippen LogP) is 4.11. The molecular formula is C19H20ClF3N4O2. The van der Waals surface area contributed by atoms with Gasteiger partial charge in [0.05, 0.1) is 19.4 Å². The van der Waals surface area contributed by atoms with Crippen LogP contribution in [0.3, 0.4) is 0 Å². The lowest BCUT2D eigenvalue weighted by molar-refractivity contribution is -0.144. The van der Waals surface area contributed by atoms with Crippen molar-refractivity contribution in [3.05, 3.63) is 54.4 Å². The van der Waals surface area contributed by atoms with Gasteiger partial charge in [-0.2, -0.15) is 13.2 Å². The minimum absolute atomic E-state index is 0. The number of benzene rings is 2. The van der Waals surface area contributed by atoms with Crippen LogP contribution in [0.15, 0.2) is 48.5 Å². The fourth-order valence-corrected chi connectivity index (χ4v) is 2.50. The van der Waals surface area contributed by atoms with E-state index in [1.165, 1.54) is 7.11 Å². The lowest BCUT2D eigenvalue weighted by Gasteiger charge is -2.08. The van der Waals surface area contributed by atoms with Gasteiger partial charge >= 0.3 is 6.18 Å². The van der Waals surface area contributed by atoms with E-state index in [-0.39, 0.29) is 18.2 Å². The summed E-state index contributed by atoms with van der Waals surface area (Å²) in [5.74, 6) is 0.0526. The fourth-order valence-electron chi connectivity index (χ4n) is 2.50. The molecule has 3 rings (SSSR count). The molecule has 0 saturated carbocycles. The highest BCUT2D eigenvalue weighted by atomic mass is 35.5. The molecule has 0 unspecified atom stereocenters. The van der Waals surface area contributed by atoms with Gasteiger partial charge in [0.15, 0.2) is 5.82 Å². The Morgan fingerprint density at radius 1 is 1.00 bits per heavy atom. The van der Waals surface area contributed by atoms with E-state index >= 15 is 0 Å². The summed E-state index contributed by atoms with van der Waals surface area (Å²) in [6.45, 7) is 0.985. The van der Waals surface area contributed by atoms with E-state index in [1.807, 2.05) is 0 Å². The molecule has 3 aromatic rings. The molecule has 0 radical (unpaired) electrons. The molecule has 0 bridgehead atoms. The Morgan fingerprint density at radius 3 is 2.17 bits per heavy atom. The highest BCUT2D eigenvalue weighted by Crippen LogP contribution is 2.31. The first-order chi connectivity index (χ1) is 13.4. The van der Waals surface area contributed by atoms with E-state index in [1.54, 1.807) is 48.5 Å². The molecule has 0 aliphatic carbocycles. The zero-order chi connectivity index (χ0) is 20.1. The summed E-state index contributed by atoms with van der Waals surface area (Å²) in [7, 11) is 1.51. The Labute approximate surface area is 171 Å². The number of hydrogen-bond donors (Lipinski definition) is 1. The van der Waals surface area contributed by atoms with Crippen LogP contribution in [0.1, 0.15) is 12.2 Å².